The Balaban J connectivity index is 3.46. The van der Waals surface area contributed by atoms with E-state index in [2.05, 4.69) is 4.74 Å². The average molecular weight is 144 g/mol. The van der Waals surface area contributed by atoms with Crippen molar-refractivity contribution in [3.8, 4) is 0 Å². The van der Waals surface area contributed by atoms with E-state index >= 15 is 0 Å². The number of ether oxygens (including phenoxy) is 1. The van der Waals surface area contributed by atoms with Crippen molar-refractivity contribution in [3.63, 3.8) is 0 Å². The van der Waals surface area contributed by atoms with E-state index in [-0.39, 0.29) is 11.9 Å². The molecule has 0 aliphatic rings. The smallest absolute Gasteiger partial charge is 0.305 e. The molecule has 58 valence electrons. The van der Waals surface area contributed by atoms with Crippen molar-refractivity contribution in [2.45, 2.75) is 19.8 Å². The molecular weight excluding hydrogens is 132 g/mol. The van der Waals surface area contributed by atoms with Gasteiger partial charge in [0.1, 0.15) is 6.29 Å². The molecule has 0 N–H and O–H groups in total. The highest BCUT2D eigenvalue weighted by atomic mass is 16.5. The molecule has 0 rings (SSSR count). The molecule has 0 aliphatic heterocycles. The first kappa shape index (κ1) is 9.14. The number of rotatable bonds is 4. The topological polar surface area (TPSA) is 43.4 Å². The largest absolute Gasteiger partial charge is 0.469 e. The van der Waals surface area contributed by atoms with E-state index in [4.69, 9.17) is 0 Å². The van der Waals surface area contributed by atoms with Crippen LogP contribution in [-0.2, 0) is 14.3 Å². The van der Waals surface area contributed by atoms with Crippen molar-refractivity contribution in [3.05, 3.63) is 0 Å². The number of hydrogen-bond donors (Lipinski definition) is 0. The molecule has 0 aliphatic carbocycles. The summed E-state index contributed by atoms with van der Waals surface area (Å²) in [6, 6.07) is 0. The molecule has 0 bridgehead atoms. The quantitative estimate of drug-likeness (QED) is 0.432. The van der Waals surface area contributed by atoms with E-state index < -0.39 is 0 Å². The Bertz CT molecular complexity index is 120. The number of carbonyl (C=O) groups excluding carboxylic acids is 2. The average Bonchev–Trinajstić information content (AvgIpc) is 1.88. The summed E-state index contributed by atoms with van der Waals surface area (Å²) in [4.78, 5) is 20.5. The Kier molecular flexibility index (Phi) is 4.54. The van der Waals surface area contributed by atoms with Gasteiger partial charge < -0.3 is 9.53 Å². The van der Waals surface area contributed by atoms with Crippen LogP contribution in [0, 0.1) is 5.92 Å². The zero-order valence-corrected chi connectivity index (χ0v) is 6.29. The Morgan fingerprint density at radius 3 is 2.70 bits per heavy atom. The molecule has 0 amide bonds. The van der Waals surface area contributed by atoms with Crippen LogP contribution in [0.3, 0.4) is 0 Å². The zero-order valence-electron chi connectivity index (χ0n) is 6.29. The maximum Gasteiger partial charge on any atom is 0.305 e. The summed E-state index contributed by atoms with van der Waals surface area (Å²) in [6.07, 6.45) is 1.57. The summed E-state index contributed by atoms with van der Waals surface area (Å²) in [5, 5.41) is 0. The molecule has 10 heavy (non-hydrogen) atoms. The minimum atomic E-state index is -0.255. The van der Waals surface area contributed by atoms with Crippen molar-refractivity contribution in [2.24, 2.45) is 5.92 Å². The maximum atomic E-state index is 10.6. The van der Waals surface area contributed by atoms with Crippen LogP contribution in [-0.4, -0.2) is 19.4 Å². The van der Waals surface area contributed by atoms with Gasteiger partial charge in [0.25, 0.3) is 0 Å². The van der Waals surface area contributed by atoms with Gasteiger partial charge in [-0.15, -0.1) is 0 Å². The lowest BCUT2D eigenvalue weighted by atomic mass is 10.1. The van der Waals surface area contributed by atoms with Gasteiger partial charge in [-0.2, -0.15) is 0 Å². The van der Waals surface area contributed by atoms with Crippen molar-refractivity contribution in [2.75, 3.05) is 7.11 Å². The van der Waals surface area contributed by atoms with Crippen LogP contribution < -0.4 is 0 Å². The zero-order chi connectivity index (χ0) is 7.98. The van der Waals surface area contributed by atoms with Gasteiger partial charge in [-0.3, -0.25) is 4.79 Å². The molecule has 0 aromatic rings. The predicted octanol–water partition coefficient (Wildman–Crippen LogP) is 0.775. The number of carbonyl (C=O) groups is 2. The lowest BCUT2D eigenvalue weighted by molar-refractivity contribution is -0.141. The van der Waals surface area contributed by atoms with E-state index in [0.29, 0.717) is 12.8 Å². The van der Waals surface area contributed by atoms with Crippen LogP contribution in [0.2, 0.25) is 0 Å². The van der Waals surface area contributed by atoms with Gasteiger partial charge in [0.2, 0.25) is 0 Å². The Labute approximate surface area is 60.4 Å². The number of methoxy groups -OCH3 is 1. The van der Waals surface area contributed by atoms with Crippen LogP contribution in [0.4, 0.5) is 0 Å². The number of aldehydes is 1. The molecule has 0 unspecified atom stereocenters. The second kappa shape index (κ2) is 4.97. The van der Waals surface area contributed by atoms with Crippen molar-refractivity contribution >= 4 is 12.3 Å². The van der Waals surface area contributed by atoms with Crippen LogP contribution >= 0.6 is 0 Å². The summed E-state index contributed by atoms with van der Waals surface area (Å²) in [5.74, 6) is -0.153. The predicted molar refractivity (Wildman–Crippen MR) is 36.5 cm³/mol. The van der Waals surface area contributed by atoms with Crippen molar-refractivity contribution < 1.29 is 14.3 Å². The number of hydrogen-bond acceptors (Lipinski definition) is 3. The molecule has 0 saturated heterocycles. The molecule has 3 nitrogen and oxygen atoms in total. The second-order valence-corrected chi connectivity index (χ2v) is 2.29. The van der Waals surface area contributed by atoms with Gasteiger partial charge in [-0.25, -0.2) is 0 Å². The fourth-order valence-corrected chi connectivity index (χ4v) is 0.615. The molecule has 1 atom stereocenters. The van der Waals surface area contributed by atoms with Gasteiger partial charge in [-0.05, 0) is 5.92 Å². The van der Waals surface area contributed by atoms with Gasteiger partial charge in [0.15, 0.2) is 0 Å². The highest BCUT2D eigenvalue weighted by Gasteiger charge is 2.07. The van der Waals surface area contributed by atoms with Gasteiger partial charge in [0.05, 0.1) is 7.11 Å². The van der Waals surface area contributed by atoms with Crippen LogP contribution in [0.15, 0.2) is 0 Å². The van der Waals surface area contributed by atoms with Crippen LogP contribution in [0.1, 0.15) is 19.8 Å². The maximum absolute atomic E-state index is 10.6. The third kappa shape index (κ3) is 4.06. The minimum Gasteiger partial charge on any atom is -0.469 e. The Hall–Kier alpha value is -0.860. The molecule has 0 heterocycles. The fraction of sp³-hybridized carbons (Fsp3) is 0.714. The summed E-state index contributed by atoms with van der Waals surface area (Å²) >= 11 is 0. The molecule has 0 fully saturated rings. The fourth-order valence-electron chi connectivity index (χ4n) is 0.615. The minimum absolute atomic E-state index is 0.102. The Morgan fingerprint density at radius 1 is 1.70 bits per heavy atom. The number of esters is 1. The standard InChI is InChI=1S/C7H12O3/c1-6(3-4-8)5-7(9)10-2/h4,6H,3,5H2,1-2H3/t6-/m1/s1. The third-order valence-electron chi connectivity index (χ3n) is 1.24. The molecular formula is C7H12O3. The van der Waals surface area contributed by atoms with Crippen molar-refractivity contribution in [1.29, 1.82) is 0 Å². The monoisotopic (exact) mass is 144 g/mol. The van der Waals surface area contributed by atoms with Crippen LogP contribution in [0.25, 0.3) is 0 Å². The first-order chi connectivity index (χ1) is 4.70. The van der Waals surface area contributed by atoms with Gasteiger partial charge >= 0.3 is 5.97 Å². The summed E-state index contributed by atoms with van der Waals surface area (Å²) in [6.45, 7) is 1.84. The summed E-state index contributed by atoms with van der Waals surface area (Å²) in [5.41, 5.74) is 0. The van der Waals surface area contributed by atoms with E-state index in [1.54, 1.807) is 0 Å². The van der Waals surface area contributed by atoms with Gasteiger partial charge in [-0.1, -0.05) is 6.92 Å². The van der Waals surface area contributed by atoms with E-state index in [9.17, 15) is 9.59 Å². The molecule has 3 heteroatoms. The highest BCUT2D eigenvalue weighted by Crippen LogP contribution is 2.05. The Morgan fingerprint density at radius 2 is 2.30 bits per heavy atom. The first-order valence-corrected chi connectivity index (χ1v) is 3.21. The summed E-state index contributed by atoms with van der Waals surface area (Å²) in [7, 11) is 1.34. The SMILES string of the molecule is COC(=O)C[C@H](C)CC=O. The summed E-state index contributed by atoms with van der Waals surface area (Å²) < 4.78 is 4.41. The van der Waals surface area contributed by atoms with E-state index in [1.165, 1.54) is 7.11 Å². The highest BCUT2D eigenvalue weighted by molar-refractivity contribution is 5.69. The third-order valence-corrected chi connectivity index (χ3v) is 1.24. The lowest BCUT2D eigenvalue weighted by Crippen LogP contribution is -2.07. The van der Waals surface area contributed by atoms with Crippen LogP contribution in [0.5, 0.6) is 0 Å². The van der Waals surface area contributed by atoms with E-state index in [0.717, 1.165) is 6.29 Å². The molecule has 0 radical (unpaired) electrons. The molecule has 0 aromatic heterocycles. The second-order valence-electron chi connectivity index (χ2n) is 2.29. The molecule has 0 spiro atoms. The van der Waals surface area contributed by atoms with Gasteiger partial charge in [0, 0.05) is 12.8 Å². The van der Waals surface area contributed by atoms with Crippen molar-refractivity contribution in [1.82, 2.24) is 0 Å². The molecule has 0 aromatic carbocycles. The normalized spacial score (nSPS) is 12.2. The van der Waals surface area contributed by atoms with E-state index in [1.807, 2.05) is 6.92 Å². The lowest BCUT2D eigenvalue weighted by Gasteiger charge is -2.03. The first-order valence-electron chi connectivity index (χ1n) is 3.21. The molecule has 0 saturated carbocycles.